The Balaban J connectivity index is 2.15. The van der Waals surface area contributed by atoms with Crippen LogP contribution < -0.4 is 5.32 Å². The van der Waals surface area contributed by atoms with Crippen molar-refractivity contribution in [1.82, 2.24) is 0 Å². The molecule has 1 aromatic carbocycles. The van der Waals surface area contributed by atoms with Crippen LogP contribution in [-0.4, -0.2) is 22.7 Å². The third-order valence-electron chi connectivity index (χ3n) is 2.91. The fourth-order valence-corrected chi connectivity index (χ4v) is 3.17. The Bertz CT molecular complexity index is 419. The molecular weight excluding hydrogens is 241 g/mol. The number of carboxylic acid groups (broad SMARTS) is 1. The second-order valence-corrected chi connectivity index (χ2v) is 5.28. The highest BCUT2D eigenvalue weighted by atomic mass is 32.2. The van der Waals surface area contributed by atoms with Crippen molar-refractivity contribution in [1.29, 1.82) is 0 Å². The van der Waals surface area contributed by atoms with Crippen molar-refractivity contribution in [2.24, 2.45) is 0 Å². The molecule has 2 N–H and O–H groups in total. The molecule has 0 aromatic heterocycles. The Morgan fingerprint density at radius 1 is 1.41 bits per heavy atom. The molecule has 0 spiro atoms. The number of hydrogen-bond acceptors (Lipinski definition) is 2. The summed E-state index contributed by atoms with van der Waals surface area (Å²) in [7, 11) is 0. The van der Waals surface area contributed by atoms with E-state index in [1.54, 1.807) is 12.1 Å². The average molecular weight is 255 g/mol. The highest BCUT2D eigenvalue weighted by Gasteiger charge is 2.19. The van der Waals surface area contributed by atoms with E-state index in [2.05, 4.69) is 5.32 Å². The molecule has 0 aliphatic carbocycles. The zero-order chi connectivity index (χ0) is 12.3. The van der Waals surface area contributed by atoms with Crippen molar-refractivity contribution in [3.63, 3.8) is 0 Å². The molecule has 0 atom stereocenters. The van der Waals surface area contributed by atoms with Crippen LogP contribution >= 0.6 is 11.8 Å². The Kier molecular flexibility index (Phi) is 3.89. The van der Waals surface area contributed by atoms with Gasteiger partial charge in [-0.15, -0.1) is 0 Å². The first-order chi connectivity index (χ1) is 8.16. The quantitative estimate of drug-likeness (QED) is 0.850. The van der Waals surface area contributed by atoms with E-state index in [1.165, 1.54) is 6.07 Å². The molecule has 0 radical (unpaired) electrons. The van der Waals surface area contributed by atoms with Gasteiger partial charge in [0, 0.05) is 5.69 Å². The van der Waals surface area contributed by atoms with Crippen LogP contribution in [0.25, 0.3) is 0 Å². The van der Waals surface area contributed by atoms with Crippen molar-refractivity contribution in [2.45, 2.75) is 18.8 Å². The van der Waals surface area contributed by atoms with E-state index in [0.717, 1.165) is 24.3 Å². The molecule has 1 saturated heterocycles. The number of halogens is 1. The molecule has 1 aromatic rings. The van der Waals surface area contributed by atoms with Crippen molar-refractivity contribution >= 4 is 23.5 Å². The SMILES string of the molecule is O=C(O)Nc1ccc(C2CCSCC2)c(F)c1. The van der Waals surface area contributed by atoms with Gasteiger partial charge >= 0.3 is 6.09 Å². The average Bonchev–Trinajstić information content (AvgIpc) is 2.29. The number of rotatable bonds is 2. The highest BCUT2D eigenvalue weighted by Crippen LogP contribution is 2.33. The van der Waals surface area contributed by atoms with Crippen molar-refractivity contribution in [3.05, 3.63) is 29.6 Å². The molecule has 0 bridgehead atoms. The first-order valence-corrected chi connectivity index (χ1v) is 6.69. The van der Waals surface area contributed by atoms with Gasteiger partial charge < -0.3 is 5.11 Å². The van der Waals surface area contributed by atoms with Crippen LogP contribution in [0.1, 0.15) is 24.3 Å². The molecule has 1 aliphatic heterocycles. The minimum atomic E-state index is -1.17. The largest absolute Gasteiger partial charge is 0.465 e. The van der Waals surface area contributed by atoms with Crippen LogP contribution in [0, 0.1) is 5.82 Å². The smallest absolute Gasteiger partial charge is 0.409 e. The summed E-state index contributed by atoms with van der Waals surface area (Å²) in [5.41, 5.74) is 0.991. The van der Waals surface area contributed by atoms with Gasteiger partial charge in [-0.3, -0.25) is 5.32 Å². The summed E-state index contributed by atoms with van der Waals surface area (Å²) in [6.07, 6.45) is 0.812. The van der Waals surface area contributed by atoms with Gasteiger partial charge in [0.05, 0.1) is 0 Å². The second kappa shape index (κ2) is 5.40. The maximum atomic E-state index is 13.8. The zero-order valence-corrected chi connectivity index (χ0v) is 10.1. The van der Waals surface area contributed by atoms with Crippen LogP contribution in [0.15, 0.2) is 18.2 Å². The van der Waals surface area contributed by atoms with E-state index in [1.807, 2.05) is 11.8 Å². The van der Waals surface area contributed by atoms with Gasteiger partial charge in [-0.1, -0.05) is 6.07 Å². The van der Waals surface area contributed by atoms with Gasteiger partial charge in [0.1, 0.15) is 5.82 Å². The standard InChI is InChI=1S/C12H14FNO2S/c13-11-7-9(14-12(15)16)1-2-10(11)8-3-5-17-6-4-8/h1-2,7-8,14H,3-6H2,(H,15,16). The number of carbonyl (C=O) groups is 1. The molecule has 1 fully saturated rings. The minimum absolute atomic E-state index is 0.273. The molecule has 17 heavy (non-hydrogen) atoms. The molecule has 92 valence electrons. The van der Waals surface area contributed by atoms with Gasteiger partial charge in [0.15, 0.2) is 0 Å². The molecular formula is C12H14FNO2S. The van der Waals surface area contributed by atoms with E-state index < -0.39 is 6.09 Å². The van der Waals surface area contributed by atoms with Crippen molar-refractivity contribution in [3.8, 4) is 0 Å². The Hall–Kier alpha value is -1.23. The molecule has 1 heterocycles. The topological polar surface area (TPSA) is 49.3 Å². The zero-order valence-electron chi connectivity index (χ0n) is 9.28. The summed E-state index contributed by atoms with van der Waals surface area (Å²) in [6, 6.07) is 4.57. The van der Waals surface area contributed by atoms with Gasteiger partial charge in [0.2, 0.25) is 0 Å². The fourth-order valence-electron chi connectivity index (χ4n) is 2.07. The molecule has 2 rings (SSSR count). The van der Waals surface area contributed by atoms with Crippen molar-refractivity contribution < 1.29 is 14.3 Å². The predicted molar refractivity (Wildman–Crippen MR) is 67.3 cm³/mol. The fraction of sp³-hybridized carbons (Fsp3) is 0.417. The van der Waals surface area contributed by atoms with Gasteiger partial charge in [-0.05, 0) is 48.0 Å². The number of benzene rings is 1. The van der Waals surface area contributed by atoms with Crippen LogP contribution in [0.5, 0.6) is 0 Å². The number of hydrogen-bond donors (Lipinski definition) is 2. The van der Waals surface area contributed by atoms with E-state index in [0.29, 0.717) is 5.56 Å². The summed E-state index contributed by atoms with van der Waals surface area (Å²) in [5.74, 6) is 2.10. The number of nitrogens with one attached hydrogen (secondary N) is 1. The van der Waals surface area contributed by atoms with Gasteiger partial charge in [-0.25, -0.2) is 9.18 Å². The van der Waals surface area contributed by atoms with Crippen LogP contribution in [0.4, 0.5) is 14.9 Å². The maximum absolute atomic E-state index is 13.8. The number of anilines is 1. The first kappa shape index (κ1) is 12.2. The third-order valence-corrected chi connectivity index (χ3v) is 3.96. The molecule has 5 heteroatoms. The Morgan fingerprint density at radius 3 is 2.71 bits per heavy atom. The van der Waals surface area contributed by atoms with E-state index in [-0.39, 0.29) is 17.4 Å². The minimum Gasteiger partial charge on any atom is -0.465 e. The highest BCUT2D eigenvalue weighted by molar-refractivity contribution is 7.99. The van der Waals surface area contributed by atoms with Crippen LogP contribution in [0.2, 0.25) is 0 Å². The van der Waals surface area contributed by atoms with E-state index in [9.17, 15) is 9.18 Å². The lowest BCUT2D eigenvalue weighted by Crippen LogP contribution is -2.11. The summed E-state index contributed by atoms with van der Waals surface area (Å²) in [4.78, 5) is 10.4. The second-order valence-electron chi connectivity index (χ2n) is 4.05. The maximum Gasteiger partial charge on any atom is 0.409 e. The molecule has 0 unspecified atom stereocenters. The lowest BCUT2D eigenvalue weighted by Gasteiger charge is -2.22. The van der Waals surface area contributed by atoms with Crippen molar-refractivity contribution in [2.75, 3.05) is 16.8 Å². The summed E-state index contributed by atoms with van der Waals surface area (Å²) >= 11 is 1.90. The number of thioether (sulfide) groups is 1. The molecule has 1 amide bonds. The van der Waals surface area contributed by atoms with Gasteiger partial charge in [-0.2, -0.15) is 11.8 Å². The molecule has 0 saturated carbocycles. The van der Waals surface area contributed by atoms with E-state index in [4.69, 9.17) is 5.11 Å². The Morgan fingerprint density at radius 2 is 2.12 bits per heavy atom. The molecule has 3 nitrogen and oxygen atoms in total. The monoisotopic (exact) mass is 255 g/mol. The van der Waals surface area contributed by atoms with Gasteiger partial charge in [0.25, 0.3) is 0 Å². The normalized spacial score (nSPS) is 16.8. The first-order valence-electron chi connectivity index (χ1n) is 5.54. The van der Waals surface area contributed by atoms with Crippen LogP contribution in [-0.2, 0) is 0 Å². The van der Waals surface area contributed by atoms with Crippen LogP contribution in [0.3, 0.4) is 0 Å². The number of amides is 1. The lowest BCUT2D eigenvalue weighted by molar-refractivity contribution is 0.209. The predicted octanol–water partition coefficient (Wildman–Crippen LogP) is 3.53. The third kappa shape index (κ3) is 3.12. The summed E-state index contributed by atoms with van der Waals surface area (Å²) < 4.78 is 13.8. The summed E-state index contributed by atoms with van der Waals surface area (Å²) in [5, 5.41) is 10.7. The molecule has 1 aliphatic rings. The summed E-state index contributed by atoms with van der Waals surface area (Å²) in [6.45, 7) is 0. The van der Waals surface area contributed by atoms with E-state index >= 15 is 0 Å². The Labute approximate surface area is 103 Å². The lowest BCUT2D eigenvalue weighted by atomic mass is 9.93.